The third kappa shape index (κ3) is 5.54. The van der Waals surface area contributed by atoms with Crippen LogP contribution in [0.4, 0.5) is 20.2 Å². The maximum absolute atomic E-state index is 13.3. The van der Waals surface area contributed by atoms with Crippen molar-refractivity contribution < 1.29 is 26.7 Å². The van der Waals surface area contributed by atoms with E-state index in [2.05, 4.69) is 5.32 Å². The number of anilines is 2. The number of halogens is 2. The second-order valence-electron chi connectivity index (χ2n) is 6.36. The van der Waals surface area contributed by atoms with Gasteiger partial charge in [0.05, 0.1) is 11.9 Å². The summed E-state index contributed by atoms with van der Waals surface area (Å²) in [5.74, 6) is -1.78. The van der Waals surface area contributed by atoms with Crippen LogP contribution < -0.4 is 14.4 Å². The molecule has 0 aliphatic rings. The minimum absolute atomic E-state index is 0.0129. The molecule has 156 valence electrons. The van der Waals surface area contributed by atoms with Crippen LogP contribution >= 0.6 is 0 Å². The molecule has 1 N–H and O–H groups in total. The molecule has 9 heteroatoms. The Hall–Kier alpha value is -3.46. The van der Waals surface area contributed by atoms with Crippen LogP contribution in [0.5, 0.6) is 11.5 Å². The first kappa shape index (κ1) is 21.3. The summed E-state index contributed by atoms with van der Waals surface area (Å²) < 4.78 is 57.3. The smallest absolute Gasteiger partial charge is 0.245 e. The van der Waals surface area contributed by atoms with Gasteiger partial charge in [0.15, 0.2) is 11.6 Å². The van der Waals surface area contributed by atoms with E-state index in [1.54, 1.807) is 24.3 Å². The van der Waals surface area contributed by atoms with Gasteiger partial charge in [-0.05, 0) is 48.5 Å². The standard InChI is InChI=1S/C21H18F2N2O4S/c1-30(27,28)25(14-21(26)24-15-7-12-19(22)20(23)13-15)16-8-10-18(11-9-16)29-17-5-3-2-4-6-17/h2-13H,14H2,1H3,(H,24,26). The van der Waals surface area contributed by atoms with Crippen molar-refractivity contribution in [2.24, 2.45) is 0 Å². The van der Waals surface area contributed by atoms with E-state index in [0.29, 0.717) is 11.5 Å². The van der Waals surface area contributed by atoms with Crippen LogP contribution in [0.1, 0.15) is 0 Å². The lowest BCUT2D eigenvalue weighted by molar-refractivity contribution is -0.114. The number of carbonyl (C=O) groups is 1. The van der Waals surface area contributed by atoms with E-state index in [1.165, 1.54) is 18.2 Å². The van der Waals surface area contributed by atoms with Crippen LogP contribution in [0.2, 0.25) is 0 Å². The maximum Gasteiger partial charge on any atom is 0.245 e. The van der Waals surface area contributed by atoms with Gasteiger partial charge in [-0.25, -0.2) is 17.2 Å². The van der Waals surface area contributed by atoms with Gasteiger partial charge in [-0.15, -0.1) is 0 Å². The average molecular weight is 432 g/mol. The average Bonchev–Trinajstić information content (AvgIpc) is 2.70. The van der Waals surface area contributed by atoms with Crippen molar-refractivity contribution >= 4 is 27.3 Å². The summed E-state index contributed by atoms with van der Waals surface area (Å²) in [6, 6.07) is 18.1. The van der Waals surface area contributed by atoms with Crippen molar-refractivity contribution in [1.29, 1.82) is 0 Å². The van der Waals surface area contributed by atoms with E-state index in [4.69, 9.17) is 4.74 Å². The van der Waals surface area contributed by atoms with Gasteiger partial charge in [-0.2, -0.15) is 0 Å². The minimum atomic E-state index is -3.79. The minimum Gasteiger partial charge on any atom is -0.457 e. The number of nitrogens with one attached hydrogen (secondary N) is 1. The monoisotopic (exact) mass is 432 g/mol. The van der Waals surface area contributed by atoms with Gasteiger partial charge in [0.2, 0.25) is 15.9 Å². The Bertz CT molecular complexity index is 1140. The van der Waals surface area contributed by atoms with Crippen LogP contribution in [0.3, 0.4) is 0 Å². The molecule has 0 fully saturated rings. The summed E-state index contributed by atoms with van der Waals surface area (Å²) in [4.78, 5) is 12.3. The highest BCUT2D eigenvalue weighted by atomic mass is 32.2. The molecule has 1 amide bonds. The highest BCUT2D eigenvalue weighted by Crippen LogP contribution is 2.25. The molecule has 3 rings (SSSR count). The second kappa shape index (κ2) is 8.91. The topological polar surface area (TPSA) is 75.7 Å². The van der Waals surface area contributed by atoms with E-state index >= 15 is 0 Å². The first-order valence-electron chi connectivity index (χ1n) is 8.78. The van der Waals surface area contributed by atoms with Gasteiger partial charge in [-0.1, -0.05) is 18.2 Å². The molecule has 0 saturated heterocycles. The molecular weight excluding hydrogens is 414 g/mol. The summed E-state index contributed by atoms with van der Waals surface area (Å²) in [7, 11) is -3.79. The number of hydrogen-bond acceptors (Lipinski definition) is 4. The molecule has 0 saturated carbocycles. The number of ether oxygens (including phenoxy) is 1. The van der Waals surface area contributed by atoms with Crippen molar-refractivity contribution in [2.75, 3.05) is 22.4 Å². The molecule has 0 spiro atoms. The normalized spacial score (nSPS) is 11.0. The highest BCUT2D eigenvalue weighted by molar-refractivity contribution is 7.92. The Morgan fingerprint density at radius 3 is 2.17 bits per heavy atom. The Morgan fingerprint density at radius 2 is 1.57 bits per heavy atom. The van der Waals surface area contributed by atoms with Crippen molar-refractivity contribution in [1.82, 2.24) is 0 Å². The molecule has 0 radical (unpaired) electrons. The molecule has 0 heterocycles. The Morgan fingerprint density at radius 1 is 0.933 bits per heavy atom. The molecule has 3 aromatic carbocycles. The van der Waals surface area contributed by atoms with Gasteiger partial charge in [0.25, 0.3) is 0 Å². The molecule has 0 atom stereocenters. The number of carbonyl (C=O) groups excluding carboxylic acids is 1. The van der Waals surface area contributed by atoms with Crippen molar-refractivity contribution in [3.63, 3.8) is 0 Å². The fourth-order valence-corrected chi connectivity index (χ4v) is 3.47. The molecule has 30 heavy (non-hydrogen) atoms. The summed E-state index contributed by atoms with van der Waals surface area (Å²) in [6.45, 7) is -0.545. The van der Waals surface area contributed by atoms with Crippen molar-refractivity contribution in [3.05, 3.63) is 84.4 Å². The molecule has 0 bridgehead atoms. The zero-order valence-corrected chi connectivity index (χ0v) is 16.7. The van der Waals surface area contributed by atoms with Crippen molar-refractivity contribution in [2.45, 2.75) is 0 Å². The quantitative estimate of drug-likeness (QED) is 0.608. The molecule has 3 aromatic rings. The van der Waals surface area contributed by atoms with Crippen LogP contribution in [-0.2, 0) is 14.8 Å². The fraction of sp³-hybridized carbons (Fsp3) is 0.0952. The van der Waals surface area contributed by atoms with Crippen LogP contribution in [0.25, 0.3) is 0 Å². The third-order valence-electron chi connectivity index (χ3n) is 3.99. The van der Waals surface area contributed by atoms with Gasteiger partial charge < -0.3 is 10.1 Å². The van der Waals surface area contributed by atoms with Crippen LogP contribution in [-0.4, -0.2) is 27.1 Å². The molecule has 6 nitrogen and oxygen atoms in total. The predicted molar refractivity (Wildman–Crippen MR) is 110 cm³/mol. The molecule has 0 aromatic heterocycles. The second-order valence-corrected chi connectivity index (χ2v) is 8.26. The van der Waals surface area contributed by atoms with Crippen molar-refractivity contribution in [3.8, 4) is 11.5 Å². The van der Waals surface area contributed by atoms with E-state index in [1.807, 2.05) is 18.2 Å². The van der Waals surface area contributed by atoms with E-state index < -0.39 is 34.1 Å². The SMILES string of the molecule is CS(=O)(=O)N(CC(=O)Nc1ccc(F)c(F)c1)c1ccc(Oc2ccccc2)cc1. The molecule has 0 aliphatic carbocycles. The summed E-state index contributed by atoms with van der Waals surface area (Å²) in [6.07, 6.45) is 0.965. The first-order valence-corrected chi connectivity index (χ1v) is 10.6. The van der Waals surface area contributed by atoms with Crippen LogP contribution in [0, 0.1) is 11.6 Å². The lowest BCUT2D eigenvalue weighted by atomic mass is 10.3. The Kier molecular flexibility index (Phi) is 6.31. The third-order valence-corrected chi connectivity index (χ3v) is 5.14. The summed E-state index contributed by atoms with van der Waals surface area (Å²) in [5, 5.41) is 2.35. The molecule has 0 aliphatic heterocycles. The maximum atomic E-state index is 13.3. The highest BCUT2D eigenvalue weighted by Gasteiger charge is 2.21. The van der Waals surface area contributed by atoms with Gasteiger partial charge in [0, 0.05) is 11.8 Å². The number of hydrogen-bond donors (Lipinski definition) is 1. The zero-order chi connectivity index (χ0) is 21.7. The summed E-state index contributed by atoms with van der Waals surface area (Å²) in [5.41, 5.74) is 0.261. The van der Waals surface area contributed by atoms with Gasteiger partial charge in [-0.3, -0.25) is 9.10 Å². The zero-order valence-electron chi connectivity index (χ0n) is 15.9. The predicted octanol–water partition coefficient (Wildman–Crippen LogP) is 4.16. The number of benzene rings is 3. The molecular formula is C21H18F2N2O4S. The number of para-hydroxylation sites is 1. The lowest BCUT2D eigenvalue weighted by Gasteiger charge is -2.22. The first-order chi connectivity index (χ1) is 14.2. The van der Waals surface area contributed by atoms with E-state index in [-0.39, 0.29) is 11.4 Å². The number of rotatable bonds is 7. The molecule has 0 unspecified atom stereocenters. The Balaban J connectivity index is 1.74. The number of amides is 1. The lowest BCUT2D eigenvalue weighted by Crippen LogP contribution is -2.37. The number of nitrogens with zero attached hydrogens (tertiary/aromatic N) is 1. The van der Waals surface area contributed by atoms with E-state index in [9.17, 15) is 22.0 Å². The van der Waals surface area contributed by atoms with Gasteiger partial charge in [0.1, 0.15) is 18.0 Å². The summed E-state index contributed by atoms with van der Waals surface area (Å²) >= 11 is 0. The van der Waals surface area contributed by atoms with E-state index in [0.717, 1.165) is 22.7 Å². The van der Waals surface area contributed by atoms with Gasteiger partial charge >= 0.3 is 0 Å². The fourth-order valence-electron chi connectivity index (χ4n) is 2.61. The van der Waals surface area contributed by atoms with Crippen LogP contribution in [0.15, 0.2) is 72.8 Å². The number of sulfonamides is 1. The largest absolute Gasteiger partial charge is 0.457 e. The Labute approximate surface area is 172 Å².